The van der Waals surface area contributed by atoms with E-state index in [9.17, 15) is 14.0 Å². The fourth-order valence-corrected chi connectivity index (χ4v) is 1.96. The summed E-state index contributed by atoms with van der Waals surface area (Å²) in [6, 6.07) is 2.91. The van der Waals surface area contributed by atoms with Crippen LogP contribution in [0.5, 0.6) is 0 Å². The SMILES string of the molecule is CC(C)CC(NC(=O)c1cc(Br)ccc1F)C(=O)O. The molecule has 0 aliphatic rings. The van der Waals surface area contributed by atoms with E-state index in [1.165, 1.54) is 12.1 Å². The fraction of sp³-hybridized carbons (Fsp3) is 0.385. The highest BCUT2D eigenvalue weighted by molar-refractivity contribution is 9.10. The van der Waals surface area contributed by atoms with Crippen LogP contribution in [-0.2, 0) is 4.79 Å². The average molecular weight is 332 g/mol. The van der Waals surface area contributed by atoms with Crippen molar-refractivity contribution >= 4 is 27.8 Å². The van der Waals surface area contributed by atoms with Crippen LogP contribution in [0.15, 0.2) is 22.7 Å². The Balaban J connectivity index is 2.87. The number of carboxylic acids is 1. The van der Waals surface area contributed by atoms with E-state index in [0.29, 0.717) is 4.47 Å². The maximum absolute atomic E-state index is 13.5. The summed E-state index contributed by atoms with van der Waals surface area (Å²) in [4.78, 5) is 22.9. The predicted octanol–water partition coefficient (Wildman–Crippen LogP) is 2.82. The van der Waals surface area contributed by atoms with Crippen molar-refractivity contribution in [3.8, 4) is 0 Å². The molecule has 0 aliphatic carbocycles. The number of carbonyl (C=O) groups is 2. The first-order valence-electron chi connectivity index (χ1n) is 5.80. The molecule has 0 spiro atoms. The Morgan fingerprint density at radius 3 is 2.58 bits per heavy atom. The highest BCUT2D eigenvalue weighted by Crippen LogP contribution is 2.16. The molecule has 0 saturated heterocycles. The number of carboxylic acid groups (broad SMARTS) is 1. The molecule has 1 unspecified atom stereocenters. The van der Waals surface area contributed by atoms with Gasteiger partial charge in [0.05, 0.1) is 5.56 Å². The van der Waals surface area contributed by atoms with E-state index in [0.717, 1.165) is 6.07 Å². The fourth-order valence-electron chi connectivity index (χ4n) is 1.60. The molecule has 1 amide bonds. The summed E-state index contributed by atoms with van der Waals surface area (Å²) in [6.45, 7) is 3.70. The number of rotatable bonds is 5. The number of hydrogen-bond donors (Lipinski definition) is 2. The lowest BCUT2D eigenvalue weighted by atomic mass is 10.0. The number of amides is 1. The van der Waals surface area contributed by atoms with Crippen LogP contribution in [-0.4, -0.2) is 23.0 Å². The molecule has 1 rings (SSSR count). The maximum Gasteiger partial charge on any atom is 0.326 e. The molecule has 0 aliphatic heterocycles. The summed E-state index contributed by atoms with van der Waals surface area (Å²) >= 11 is 3.14. The van der Waals surface area contributed by atoms with Crippen molar-refractivity contribution in [3.05, 3.63) is 34.1 Å². The molecule has 0 aromatic heterocycles. The number of carbonyl (C=O) groups excluding carboxylic acids is 1. The lowest BCUT2D eigenvalue weighted by molar-refractivity contribution is -0.139. The van der Waals surface area contributed by atoms with Gasteiger partial charge in [0.25, 0.3) is 5.91 Å². The van der Waals surface area contributed by atoms with Crippen LogP contribution in [0.1, 0.15) is 30.6 Å². The molecular weight excluding hydrogens is 317 g/mol. The van der Waals surface area contributed by atoms with Crippen molar-refractivity contribution in [2.75, 3.05) is 0 Å². The van der Waals surface area contributed by atoms with Crippen molar-refractivity contribution in [2.45, 2.75) is 26.3 Å². The second kappa shape index (κ2) is 6.65. The van der Waals surface area contributed by atoms with Crippen LogP contribution in [0.25, 0.3) is 0 Å². The normalized spacial score (nSPS) is 12.3. The molecule has 0 saturated carbocycles. The van der Waals surface area contributed by atoms with Crippen LogP contribution in [0.3, 0.4) is 0 Å². The van der Waals surface area contributed by atoms with Gasteiger partial charge in [-0.25, -0.2) is 9.18 Å². The summed E-state index contributed by atoms with van der Waals surface area (Å²) in [7, 11) is 0. The van der Waals surface area contributed by atoms with Gasteiger partial charge in [-0.3, -0.25) is 4.79 Å². The Morgan fingerprint density at radius 1 is 1.42 bits per heavy atom. The van der Waals surface area contributed by atoms with Gasteiger partial charge >= 0.3 is 5.97 Å². The van der Waals surface area contributed by atoms with Crippen molar-refractivity contribution < 1.29 is 19.1 Å². The van der Waals surface area contributed by atoms with Gasteiger partial charge in [-0.15, -0.1) is 0 Å². The van der Waals surface area contributed by atoms with E-state index in [4.69, 9.17) is 5.11 Å². The largest absolute Gasteiger partial charge is 0.480 e. The van der Waals surface area contributed by atoms with Gasteiger partial charge in [-0.05, 0) is 30.5 Å². The summed E-state index contributed by atoms with van der Waals surface area (Å²) in [5.74, 6) is -2.44. The zero-order chi connectivity index (χ0) is 14.6. The predicted molar refractivity (Wildman–Crippen MR) is 72.4 cm³/mol. The minimum absolute atomic E-state index is 0.105. The van der Waals surface area contributed by atoms with E-state index >= 15 is 0 Å². The van der Waals surface area contributed by atoms with Crippen LogP contribution < -0.4 is 5.32 Å². The molecule has 6 heteroatoms. The van der Waals surface area contributed by atoms with Gasteiger partial charge in [-0.2, -0.15) is 0 Å². The number of halogens is 2. The Labute approximate surface area is 119 Å². The maximum atomic E-state index is 13.5. The highest BCUT2D eigenvalue weighted by Gasteiger charge is 2.23. The Hall–Kier alpha value is -1.43. The second-order valence-electron chi connectivity index (χ2n) is 4.62. The molecule has 1 aromatic carbocycles. The first-order chi connectivity index (χ1) is 8.81. The summed E-state index contributed by atoms with van der Waals surface area (Å²) in [5.41, 5.74) is -0.176. The molecule has 0 radical (unpaired) electrons. The molecule has 0 heterocycles. The number of hydrogen-bond acceptors (Lipinski definition) is 2. The molecule has 19 heavy (non-hydrogen) atoms. The molecule has 4 nitrogen and oxygen atoms in total. The van der Waals surface area contributed by atoms with Crippen LogP contribution in [0, 0.1) is 11.7 Å². The third-order valence-electron chi connectivity index (χ3n) is 2.48. The van der Waals surface area contributed by atoms with Crippen LogP contribution in [0.2, 0.25) is 0 Å². The van der Waals surface area contributed by atoms with E-state index in [1.807, 2.05) is 13.8 Å². The van der Waals surface area contributed by atoms with Gasteiger partial charge < -0.3 is 10.4 Å². The first-order valence-corrected chi connectivity index (χ1v) is 6.59. The van der Waals surface area contributed by atoms with E-state index in [1.54, 1.807) is 0 Å². The minimum Gasteiger partial charge on any atom is -0.480 e. The first kappa shape index (κ1) is 15.6. The third kappa shape index (κ3) is 4.63. The van der Waals surface area contributed by atoms with Gasteiger partial charge in [0, 0.05) is 4.47 Å². The summed E-state index contributed by atoms with van der Waals surface area (Å²) in [6.07, 6.45) is 0.288. The summed E-state index contributed by atoms with van der Waals surface area (Å²) < 4.78 is 14.1. The van der Waals surface area contributed by atoms with Crippen molar-refractivity contribution in [1.29, 1.82) is 0 Å². The molecule has 1 atom stereocenters. The number of aliphatic carboxylic acids is 1. The van der Waals surface area contributed by atoms with Crippen LogP contribution in [0.4, 0.5) is 4.39 Å². The summed E-state index contributed by atoms with van der Waals surface area (Å²) in [5, 5.41) is 11.4. The minimum atomic E-state index is -1.13. The number of nitrogens with one attached hydrogen (secondary N) is 1. The second-order valence-corrected chi connectivity index (χ2v) is 5.53. The van der Waals surface area contributed by atoms with Gasteiger partial charge in [0.1, 0.15) is 11.9 Å². The average Bonchev–Trinajstić information content (AvgIpc) is 2.30. The van der Waals surface area contributed by atoms with Crippen LogP contribution >= 0.6 is 15.9 Å². The van der Waals surface area contributed by atoms with E-state index < -0.39 is 23.7 Å². The molecule has 1 aromatic rings. The Bertz CT molecular complexity index is 491. The standard InChI is InChI=1S/C13H15BrFNO3/c1-7(2)5-11(13(18)19)16-12(17)9-6-8(14)3-4-10(9)15/h3-4,6-7,11H,5H2,1-2H3,(H,16,17)(H,18,19). The molecule has 104 valence electrons. The Morgan fingerprint density at radius 2 is 2.05 bits per heavy atom. The quantitative estimate of drug-likeness (QED) is 0.871. The van der Waals surface area contributed by atoms with Gasteiger partial charge in [-0.1, -0.05) is 29.8 Å². The zero-order valence-electron chi connectivity index (χ0n) is 10.6. The third-order valence-corrected chi connectivity index (χ3v) is 2.98. The van der Waals surface area contributed by atoms with Gasteiger partial charge in [0.2, 0.25) is 0 Å². The van der Waals surface area contributed by atoms with E-state index in [2.05, 4.69) is 21.2 Å². The van der Waals surface area contributed by atoms with Crippen molar-refractivity contribution in [2.24, 2.45) is 5.92 Å². The monoisotopic (exact) mass is 331 g/mol. The van der Waals surface area contributed by atoms with Gasteiger partial charge in [0.15, 0.2) is 0 Å². The molecule has 0 fully saturated rings. The number of benzene rings is 1. The zero-order valence-corrected chi connectivity index (χ0v) is 12.2. The molecule has 0 bridgehead atoms. The topological polar surface area (TPSA) is 66.4 Å². The Kier molecular flexibility index (Phi) is 5.47. The van der Waals surface area contributed by atoms with Crippen molar-refractivity contribution in [1.82, 2.24) is 5.32 Å². The van der Waals surface area contributed by atoms with Crippen molar-refractivity contribution in [3.63, 3.8) is 0 Å². The highest BCUT2D eigenvalue weighted by atomic mass is 79.9. The molecular formula is C13H15BrFNO3. The molecule has 2 N–H and O–H groups in total. The lowest BCUT2D eigenvalue weighted by Crippen LogP contribution is -2.41. The van der Waals surface area contributed by atoms with E-state index in [-0.39, 0.29) is 17.9 Å². The smallest absolute Gasteiger partial charge is 0.326 e. The lowest BCUT2D eigenvalue weighted by Gasteiger charge is -2.16.